The minimum atomic E-state index is -4.66. The van der Waals surface area contributed by atoms with E-state index in [4.69, 9.17) is 10.8 Å². The monoisotopic (exact) mass is 290 g/mol. The molecule has 1 aromatic rings. The third kappa shape index (κ3) is 3.70. The van der Waals surface area contributed by atoms with Crippen LogP contribution in [0, 0.1) is 0 Å². The van der Waals surface area contributed by atoms with Crippen LogP contribution >= 0.6 is 0 Å². The SMILES string of the molecule is CC[C@H](N)C(=O)Nc1ccc(C(F)(F)F)cc1C(=O)O. The molecule has 1 amide bonds. The summed E-state index contributed by atoms with van der Waals surface area (Å²) in [5, 5.41) is 11.1. The summed E-state index contributed by atoms with van der Waals surface area (Å²) in [6, 6.07) is 1.19. The van der Waals surface area contributed by atoms with Crippen LogP contribution in [0.15, 0.2) is 18.2 Å². The van der Waals surface area contributed by atoms with Crippen molar-refractivity contribution in [2.75, 3.05) is 5.32 Å². The minimum absolute atomic E-state index is 0.223. The van der Waals surface area contributed by atoms with Crippen molar-refractivity contribution in [3.63, 3.8) is 0 Å². The molecule has 110 valence electrons. The molecule has 0 spiro atoms. The third-order valence-electron chi connectivity index (χ3n) is 2.61. The predicted octanol–water partition coefficient (Wildman–Crippen LogP) is 2.08. The lowest BCUT2D eigenvalue weighted by atomic mass is 10.1. The Morgan fingerprint density at radius 1 is 1.40 bits per heavy atom. The van der Waals surface area contributed by atoms with E-state index in [0.717, 1.165) is 6.07 Å². The zero-order valence-corrected chi connectivity index (χ0v) is 10.5. The topological polar surface area (TPSA) is 92.4 Å². The first-order valence-electron chi connectivity index (χ1n) is 5.67. The Kier molecular flexibility index (Phi) is 4.72. The van der Waals surface area contributed by atoms with Gasteiger partial charge in [-0.2, -0.15) is 13.2 Å². The molecule has 5 nitrogen and oxygen atoms in total. The summed E-state index contributed by atoms with van der Waals surface area (Å²) in [5.41, 5.74) is 3.48. The van der Waals surface area contributed by atoms with E-state index >= 15 is 0 Å². The Hall–Kier alpha value is -2.09. The first-order chi connectivity index (χ1) is 9.16. The number of nitrogens with one attached hydrogen (secondary N) is 1. The summed E-state index contributed by atoms with van der Waals surface area (Å²) in [6.07, 6.45) is -4.35. The molecule has 1 rings (SSSR count). The maximum atomic E-state index is 12.5. The molecule has 1 aromatic carbocycles. The summed E-state index contributed by atoms with van der Waals surface area (Å²) in [7, 11) is 0. The number of carbonyl (C=O) groups excluding carboxylic acids is 1. The van der Waals surface area contributed by atoms with E-state index in [9.17, 15) is 22.8 Å². The van der Waals surface area contributed by atoms with Crippen LogP contribution in [0.2, 0.25) is 0 Å². The van der Waals surface area contributed by atoms with Gasteiger partial charge in [-0.1, -0.05) is 6.92 Å². The molecule has 0 saturated heterocycles. The van der Waals surface area contributed by atoms with Crippen LogP contribution in [-0.4, -0.2) is 23.0 Å². The standard InChI is InChI=1S/C12H13F3N2O3/c1-2-8(16)10(18)17-9-4-3-6(12(13,14)15)5-7(9)11(19)20/h3-5,8H,2,16H2,1H3,(H,17,18)(H,19,20)/t8-/m0/s1. The van der Waals surface area contributed by atoms with Crippen molar-refractivity contribution in [2.45, 2.75) is 25.6 Å². The first-order valence-corrected chi connectivity index (χ1v) is 5.67. The highest BCUT2D eigenvalue weighted by molar-refractivity contribution is 6.02. The largest absolute Gasteiger partial charge is 0.478 e. The van der Waals surface area contributed by atoms with Crippen LogP contribution in [0.5, 0.6) is 0 Å². The highest BCUT2D eigenvalue weighted by Crippen LogP contribution is 2.31. The molecule has 0 aliphatic rings. The molecule has 0 unspecified atom stereocenters. The Morgan fingerprint density at radius 2 is 2.00 bits per heavy atom. The van der Waals surface area contributed by atoms with Gasteiger partial charge in [0.1, 0.15) is 0 Å². The summed E-state index contributed by atoms with van der Waals surface area (Å²) >= 11 is 0. The minimum Gasteiger partial charge on any atom is -0.478 e. The lowest BCUT2D eigenvalue weighted by molar-refractivity contribution is -0.137. The van der Waals surface area contributed by atoms with Crippen molar-refractivity contribution in [3.05, 3.63) is 29.3 Å². The van der Waals surface area contributed by atoms with E-state index in [0.29, 0.717) is 18.6 Å². The molecule has 0 aromatic heterocycles. The van der Waals surface area contributed by atoms with Crippen molar-refractivity contribution in [2.24, 2.45) is 5.73 Å². The molecule has 0 radical (unpaired) electrons. The van der Waals surface area contributed by atoms with Gasteiger partial charge in [-0.15, -0.1) is 0 Å². The highest BCUT2D eigenvalue weighted by Gasteiger charge is 2.32. The number of hydrogen-bond donors (Lipinski definition) is 3. The van der Waals surface area contributed by atoms with Gasteiger partial charge in [-0.05, 0) is 24.6 Å². The smallest absolute Gasteiger partial charge is 0.416 e. The zero-order chi connectivity index (χ0) is 15.5. The van der Waals surface area contributed by atoms with E-state index in [1.807, 2.05) is 0 Å². The molecule has 8 heteroatoms. The molecule has 0 heterocycles. The second-order valence-corrected chi connectivity index (χ2v) is 4.07. The molecule has 1 atom stereocenters. The predicted molar refractivity (Wildman–Crippen MR) is 65.3 cm³/mol. The number of anilines is 1. The summed E-state index contributed by atoms with van der Waals surface area (Å²) in [5.74, 6) is -2.23. The lowest BCUT2D eigenvalue weighted by Crippen LogP contribution is -2.35. The van der Waals surface area contributed by atoms with Crippen LogP contribution < -0.4 is 11.1 Å². The molecule has 4 N–H and O–H groups in total. The fraction of sp³-hybridized carbons (Fsp3) is 0.333. The number of rotatable bonds is 4. The highest BCUT2D eigenvalue weighted by atomic mass is 19.4. The van der Waals surface area contributed by atoms with Crippen molar-refractivity contribution >= 4 is 17.6 Å². The van der Waals surface area contributed by atoms with Crippen LogP contribution in [0.1, 0.15) is 29.3 Å². The van der Waals surface area contributed by atoms with Crippen molar-refractivity contribution in [3.8, 4) is 0 Å². The zero-order valence-electron chi connectivity index (χ0n) is 10.5. The number of aromatic carboxylic acids is 1. The van der Waals surface area contributed by atoms with Gasteiger partial charge in [0.05, 0.1) is 22.9 Å². The Bertz CT molecular complexity index is 529. The van der Waals surface area contributed by atoms with Crippen LogP contribution in [0.25, 0.3) is 0 Å². The molecule has 0 saturated carbocycles. The molecular weight excluding hydrogens is 277 g/mol. The van der Waals surface area contributed by atoms with Gasteiger partial charge < -0.3 is 16.2 Å². The average molecular weight is 290 g/mol. The molecule has 20 heavy (non-hydrogen) atoms. The van der Waals surface area contributed by atoms with Gasteiger partial charge in [-0.3, -0.25) is 4.79 Å². The molecule has 0 aliphatic heterocycles. The maximum Gasteiger partial charge on any atom is 0.416 e. The first kappa shape index (κ1) is 16.0. The van der Waals surface area contributed by atoms with Crippen LogP contribution in [0.3, 0.4) is 0 Å². The van der Waals surface area contributed by atoms with Gasteiger partial charge >= 0.3 is 12.1 Å². The average Bonchev–Trinajstić information content (AvgIpc) is 2.36. The number of halogens is 3. The van der Waals surface area contributed by atoms with Crippen LogP contribution in [-0.2, 0) is 11.0 Å². The number of nitrogens with two attached hydrogens (primary N) is 1. The van der Waals surface area contributed by atoms with Crippen molar-refractivity contribution in [1.82, 2.24) is 0 Å². The second-order valence-electron chi connectivity index (χ2n) is 4.07. The summed E-state index contributed by atoms with van der Waals surface area (Å²) < 4.78 is 37.5. The van der Waals surface area contributed by atoms with Crippen molar-refractivity contribution in [1.29, 1.82) is 0 Å². The van der Waals surface area contributed by atoms with E-state index in [1.165, 1.54) is 0 Å². The normalized spacial score (nSPS) is 12.8. The summed E-state index contributed by atoms with van der Waals surface area (Å²) in [4.78, 5) is 22.5. The molecule has 0 bridgehead atoms. The van der Waals surface area contributed by atoms with Gasteiger partial charge in [0.15, 0.2) is 0 Å². The lowest BCUT2D eigenvalue weighted by Gasteiger charge is -2.14. The van der Waals surface area contributed by atoms with E-state index in [2.05, 4.69) is 5.32 Å². The number of benzene rings is 1. The quantitative estimate of drug-likeness (QED) is 0.791. The van der Waals surface area contributed by atoms with Gasteiger partial charge in [0.25, 0.3) is 0 Å². The van der Waals surface area contributed by atoms with Gasteiger partial charge in [0, 0.05) is 0 Å². The Morgan fingerprint density at radius 3 is 2.45 bits per heavy atom. The Labute approximate surface area is 112 Å². The number of carboxylic acids is 1. The van der Waals surface area contributed by atoms with Crippen LogP contribution in [0.4, 0.5) is 18.9 Å². The van der Waals surface area contributed by atoms with E-state index in [1.54, 1.807) is 6.92 Å². The Balaban J connectivity index is 3.15. The number of amides is 1. The number of carbonyl (C=O) groups is 2. The molecule has 0 fully saturated rings. The van der Waals surface area contributed by atoms with Crippen molar-refractivity contribution < 1.29 is 27.9 Å². The number of alkyl halides is 3. The van der Waals surface area contributed by atoms with Gasteiger partial charge in [0.2, 0.25) is 5.91 Å². The third-order valence-corrected chi connectivity index (χ3v) is 2.61. The molecule has 0 aliphatic carbocycles. The summed E-state index contributed by atoms with van der Waals surface area (Å²) in [6.45, 7) is 1.65. The maximum absolute atomic E-state index is 12.5. The van der Waals surface area contributed by atoms with E-state index < -0.39 is 35.2 Å². The van der Waals surface area contributed by atoms with E-state index in [-0.39, 0.29) is 5.69 Å². The fourth-order valence-electron chi connectivity index (χ4n) is 1.42. The van der Waals surface area contributed by atoms with Gasteiger partial charge in [-0.25, -0.2) is 4.79 Å². The second kappa shape index (κ2) is 5.91. The number of hydrogen-bond acceptors (Lipinski definition) is 3. The fourth-order valence-corrected chi connectivity index (χ4v) is 1.42. The number of carboxylic acid groups (broad SMARTS) is 1. The molecular formula is C12H13F3N2O3.